The number of hydrogen-bond donors (Lipinski definition) is 1. The van der Waals surface area contributed by atoms with Crippen LogP contribution in [0.4, 0.5) is 0 Å². The van der Waals surface area contributed by atoms with Crippen molar-refractivity contribution in [3.05, 3.63) is 64.9 Å². The molecule has 1 amide bonds. The highest BCUT2D eigenvalue weighted by molar-refractivity contribution is 6.30. The Bertz CT molecular complexity index is 555. The van der Waals surface area contributed by atoms with Crippen molar-refractivity contribution in [3.63, 3.8) is 0 Å². The molecule has 0 bridgehead atoms. The lowest BCUT2D eigenvalue weighted by Crippen LogP contribution is -2.25. The molecule has 3 nitrogen and oxygen atoms in total. The number of aromatic nitrogens is 1. The monoisotopic (exact) mass is 302 g/mol. The van der Waals surface area contributed by atoms with Crippen LogP contribution < -0.4 is 5.32 Å². The molecule has 1 aromatic heterocycles. The molecule has 0 radical (unpaired) electrons. The molecule has 0 aliphatic rings. The summed E-state index contributed by atoms with van der Waals surface area (Å²) in [5.74, 6) is 0.104. The maximum Gasteiger partial charge on any atom is 0.220 e. The smallest absolute Gasteiger partial charge is 0.220 e. The first-order valence-electron chi connectivity index (χ1n) is 7.14. The summed E-state index contributed by atoms with van der Waals surface area (Å²) in [6.45, 7) is 0.660. The lowest BCUT2D eigenvalue weighted by atomic mass is 10.1. The Hall–Kier alpha value is -1.87. The van der Waals surface area contributed by atoms with Crippen molar-refractivity contribution in [2.75, 3.05) is 6.54 Å². The molecule has 21 heavy (non-hydrogen) atoms. The summed E-state index contributed by atoms with van der Waals surface area (Å²) in [7, 11) is 0. The number of carbonyl (C=O) groups excluding carboxylic acids is 1. The van der Waals surface area contributed by atoms with Gasteiger partial charge in [0.05, 0.1) is 0 Å². The SMILES string of the molecule is O=C(CCCc1cccnc1)NCCc1ccc(Cl)cc1. The van der Waals surface area contributed by atoms with Gasteiger partial charge >= 0.3 is 0 Å². The van der Waals surface area contributed by atoms with E-state index in [9.17, 15) is 4.79 Å². The average molecular weight is 303 g/mol. The first-order chi connectivity index (χ1) is 10.2. The Balaban J connectivity index is 1.60. The second-order valence-electron chi connectivity index (χ2n) is 4.94. The zero-order valence-corrected chi connectivity index (χ0v) is 12.6. The highest BCUT2D eigenvalue weighted by Gasteiger charge is 2.02. The molecule has 0 spiro atoms. The zero-order valence-electron chi connectivity index (χ0n) is 11.9. The van der Waals surface area contributed by atoms with E-state index in [4.69, 9.17) is 11.6 Å². The van der Waals surface area contributed by atoms with Crippen LogP contribution in [0.1, 0.15) is 24.0 Å². The first-order valence-corrected chi connectivity index (χ1v) is 7.52. The first kappa shape index (κ1) is 15.5. The van der Waals surface area contributed by atoms with Gasteiger partial charge in [0, 0.05) is 30.4 Å². The maximum absolute atomic E-state index is 11.7. The molecule has 110 valence electrons. The minimum Gasteiger partial charge on any atom is -0.356 e. The minimum absolute atomic E-state index is 0.104. The van der Waals surface area contributed by atoms with Gasteiger partial charge < -0.3 is 5.32 Å². The summed E-state index contributed by atoms with van der Waals surface area (Å²) in [4.78, 5) is 15.8. The van der Waals surface area contributed by atoms with E-state index in [2.05, 4.69) is 10.3 Å². The fourth-order valence-corrected chi connectivity index (χ4v) is 2.21. The number of halogens is 1. The van der Waals surface area contributed by atoms with E-state index in [1.807, 2.05) is 42.6 Å². The second kappa shape index (κ2) is 8.42. The van der Waals surface area contributed by atoms with Crippen LogP contribution in [0.15, 0.2) is 48.8 Å². The summed E-state index contributed by atoms with van der Waals surface area (Å²) in [5.41, 5.74) is 2.35. The Kier molecular flexibility index (Phi) is 6.22. The van der Waals surface area contributed by atoms with Gasteiger partial charge in [-0.2, -0.15) is 0 Å². The number of pyridine rings is 1. The average Bonchev–Trinajstić information content (AvgIpc) is 2.50. The van der Waals surface area contributed by atoms with E-state index in [1.54, 1.807) is 6.20 Å². The van der Waals surface area contributed by atoms with E-state index < -0.39 is 0 Å². The molecular formula is C17H19ClN2O. The molecule has 2 rings (SSSR count). The molecule has 0 atom stereocenters. The molecule has 0 fully saturated rings. The maximum atomic E-state index is 11.7. The molecule has 0 saturated carbocycles. The Labute approximate surface area is 130 Å². The third kappa shape index (κ3) is 5.96. The topological polar surface area (TPSA) is 42.0 Å². The lowest BCUT2D eigenvalue weighted by Gasteiger charge is -2.05. The van der Waals surface area contributed by atoms with E-state index in [1.165, 1.54) is 11.1 Å². The van der Waals surface area contributed by atoms with Crippen LogP contribution in [-0.4, -0.2) is 17.4 Å². The van der Waals surface area contributed by atoms with Crippen molar-refractivity contribution in [2.24, 2.45) is 0 Å². The van der Waals surface area contributed by atoms with Gasteiger partial charge in [-0.05, 0) is 48.6 Å². The highest BCUT2D eigenvalue weighted by atomic mass is 35.5. The van der Waals surface area contributed by atoms with E-state index in [0.29, 0.717) is 13.0 Å². The Morgan fingerprint density at radius 2 is 1.90 bits per heavy atom. The van der Waals surface area contributed by atoms with Crippen LogP contribution in [0.3, 0.4) is 0 Å². The quantitative estimate of drug-likeness (QED) is 0.851. The van der Waals surface area contributed by atoms with Crippen LogP contribution in [0.2, 0.25) is 5.02 Å². The number of nitrogens with one attached hydrogen (secondary N) is 1. The zero-order chi connectivity index (χ0) is 14.9. The van der Waals surface area contributed by atoms with Gasteiger partial charge in [0.1, 0.15) is 0 Å². The summed E-state index contributed by atoms with van der Waals surface area (Å²) in [6.07, 6.45) is 6.71. The summed E-state index contributed by atoms with van der Waals surface area (Å²) >= 11 is 5.83. The number of aryl methyl sites for hydroxylation is 1. The largest absolute Gasteiger partial charge is 0.356 e. The molecular weight excluding hydrogens is 284 g/mol. The van der Waals surface area contributed by atoms with Crippen LogP contribution in [-0.2, 0) is 17.6 Å². The number of rotatable bonds is 7. The minimum atomic E-state index is 0.104. The van der Waals surface area contributed by atoms with Crippen molar-refractivity contribution in [1.82, 2.24) is 10.3 Å². The number of benzene rings is 1. The summed E-state index contributed by atoms with van der Waals surface area (Å²) in [5, 5.41) is 3.68. The fraction of sp³-hybridized carbons (Fsp3) is 0.294. The van der Waals surface area contributed by atoms with Crippen molar-refractivity contribution >= 4 is 17.5 Å². The van der Waals surface area contributed by atoms with Crippen LogP contribution in [0.25, 0.3) is 0 Å². The van der Waals surface area contributed by atoms with Gasteiger partial charge in [-0.25, -0.2) is 0 Å². The molecule has 4 heteroatoms. The second-order valence-corrected chi connectivity index (χ2v) is 5.38. The predicted molar refractivity (Wildman–Crippen MR) is 85.3 cm³/mol. The number of hydrogen-bond acceptors (Lipinski definition) is 2. The van der Waals surface area contributed by atoms with Crippen molar-refractivity contribution in [2.45, 2.75) is 25.7 Å². The van der Waals surface area contributed by atoms with E-state index in [-0.39, 0.29) is 5.91 Å². The van der Waals surface area contributed by atoms with Gasteiger partial charge in [0.2, 0.25) is 5.91 Å². The molecule has 1 heterocycles. The number of nitrogens with zero attached hydrogens (tertiary/aromatic N) is 1. The van der Waals surface area contributed by atoms with Crippen LogP contribution in [0.5, 0.6) is 0 Å². The summed E-state index contributed by atoms with van der Waals surface area (Å²) < 4.78 is 0. The molecule has 2 aromatic rings. The third-order valence-electron chi connectivity index (χ3n) is 3.24. The van der Waals surface area contributed by atoms with Gasteiger partial charge in [-0.1, -0.05) is 29.8 Å². The van der Waals surface area contributed by atoms with Crippen LogP contribution >= 0.6 is 11.6 Å². The molecule has 1 N–H and O–H groups in total. The Morgan fingerprint density at radius 3 is 2.62 bits per heavy atom. The van der Waals surface area contributed by atoms with Gasteiger partial charge in [-0.15, -0.1) is 0 Å². The van der Waals surface area contributed by atoms with Crippen molar-refractivity contribution in [3.8, 4) is 0 Å². The van der Waals surface area contributed by atoms with Gasteiger partial charge in [0.25, 0.3) is 0 Å². The van der Waals surface area contributed by atoms with Gasteiger partial charge in [-0.3, -0.25) is 9.78 Å². The van der Waals surface area contributed by atoms with Crippen molar-refractivity contribution < 1.29 is 4.79 Å². The lowest BCUT2D eigenvalue weighted by molar-refractivity contribution is -0.121. The number of carbonyl (C=O) groups is 1. The van der Waals surface area contributed by atoms with Crippen LogP contribution in [0, 0.1) is 0 Å². The number of amides is 1. The van der Waals surface area contributed by atoms with E-state index in [0.717, 1.165) is 24.3 Å². The predicted octanol–water partition coefficient (Wildman–Crippen LogP) is 3.42. The fourth-order valence-electron chi connectivity index (χ4n) is 2.08. The molecule has 0 saturated heterocycles. The summed E-state index contributed by atoms with van der Waals surface area (Å²) in [6, 6.07) is 11.7. The molecule has 0 aliphatic carbocycles. The highest BCUT2D eigenvalue weighted by Crippen LogP contribution is 2.09. The van der Waals surface area contributed by atoms with Crippen molar-refractivity contribution in [1.29, 1.82) is 0 Å². The van der Waals surface area contributed by atoms with E-state index >= 15 is 0 Å². The molecule has 1 aromatic carbocycles. The third-order valence-corrected chi connectivity index (χ3v) is 3.49. The normalized spacial score (nSPS) is 10.3. The molecule has 0 aliphatic heterocycles. The molecule has 0 unspecified atom stereocenters. The standard InChI is InChI=1S/C17H19ClN2O/c18-16-8-6-14(7-9-16)10-12-20-17(21)5-1-3-15-4-2-11-19-13-15/h2,4,6-9,11,13H,1,3,5,10,12H2,(H,20,21). The van der Waals surface area contributed by atoms with Gasteiger partial charge in [0.15, 0.2) is 0 Å². The Morgan fingerprint density at radius 1 is 1.10 bits per heavy atom.